The van der Waals surface area contributed by atoms with Crippen LogP contribution in [0.1, 0.15) is 12.5 Å². The summed E-state index contributed by atoms with van der Waals surface area (Å²) in [6, 6.07) is 14.4. The third-order valence-electron chi connectivity index (χ3n) is 4.01. The number of methoxy groups -OCH3 is 2. The van der Waals surface area contributed by atoms with Gasteiger partial charge in [-0.05, 0) is 36.8 Å². The molecule has 2 aromatic carbocycles. The van der Waals surface area contributed by atoms with Gasteiger partial charge < -0.3 is 23.8 Å². The van der Waals surface area contributed by atoms with E-state index in [9.17, 15) is 9.59 Å². The van der Waals surface area contributed by atoms with Crippen LogP contribution in [-0.2, 0) is 20.9 Å². The second kappa shape index (κ2) is 10.8. The molecule has 0 aliphatic rings. The molecule has 0 atom stereocenters. The molecule has 28 heavy (non-hydrogen) atoms. The number of hydrogen-bond donors (Lipinski definition) is 0. The zero-order valence-electron chi connectivity index (χ0n) is 16.3. The molecule has 7 heteroatoms. The zero-order valence-corrected chi connectivity index (χ0v) is 16.3. The van der Waals surface area contributed by atoms with Gasteiger partial charge in [-0.15, -0.1) is 0 Å². The van der Waals surface area contributed by atoms with Crippen molar-refractivity contribution in [3.05, 3.63) is 54.1 Å². The lowest BCUT2D eigenvalue weighted by Crippen LogP contribution is -2.34. The summed E-state index contributed by atoms with van der Waals surface area (Å²) >= 11 is 0. The van der Waals surface area contributed by atoms with Crippen LogP contribution in [0.2, 0.25) is 0 Å². The highest BCUT2D eigenvalue weighted by atomic mass is 16.6. The van der Waals surface area contributed by atoms with Gasteiger partial charge in [0.15, 0.2) is 24.7 Å². The first-order chi connectivity index (χ1) is 13.6. The monoisotopic (exact) mass is 387 g/mol. The van der Waals surface area contributed by atoms with Gasteiger partial charge in [-0.1, -0.05) is 24.3 Å². The van der Waals surface area contributed by atoms with Gasteiger partial charge in [0.25, 0.3) is 5.91 Å². The third-order valence-corrected chi connectivity index (χ3v) is 4.01. The lowest BCUT2D eigenvalue weighted by Gasteiger charge is -2.21. The molecule has 0 heterocycles. The molecule has 0 bridgehead atoms. The first-order valence-corrected chi connectivity index (χ1v) is 8.89. The number of hydrogen-bond acceptors (Lipinski definition) is 6. The van der Waals surface area contributed by atoms with Crippen molar-refractivity contribution in [2.24, 2.45) is 0 Å². The number of amides is 1. The van der Waals surface area contributed by atoms with Gasteiger partial charge in [0.1, 0.15) is 5.75 Å². The molecule has 0 N–H and O–H groups in total. The van der Waals surface area contributed by atoms with Crippen LogP contribution in [0.25, 0.3) is 0 Å². The molecule has 0 saturated heterocycles. The number of likely N-dealkylation sites (N-methyl/N-ethyl adjacent to an activating group) is 1. The summed E-state index contributed by atoms with van der Waals surface area (Å²) in [5.74, 6) is 0.889. The van der Waals surface area contributed by atoms with E-state index >= 15 is 0 Å². The quantitative estimate of drug-likeness (QED) is 0.584. The van der Waals surface area contributed by atoms with E-state index in [1.165, 1.54) is 0 Å². The summed E-state index contributed by atoms with van der Waals surface area (Å²) in [6.07, 6.45) is 0. The summed E-state index contributed by atoms with van der Waals surface area (Å²) in [5.41, 5.74) is 0.881. The highest BCUT2D eigenvalue weighted by Gasteiger charge is 2.16. The Morgan fingerprint density at radius 1 is 0.929 bits per heavy atom. The fraction of sp³-hybridized carbons (Fsp3) is 0.333. The molecule has 1 amide bonds. The van der Waals surface area contributed by atoms with Crippen molar-refractivity contribution in [1.82, 2.24) is 4.90 Å². The molecule has 0 aromatic heterocycles. The van der Waals surface area contributed by atoms with Crippen molar-refractivity contribution >= 4 is 11.9 Å². The van der Waals surface area contributed by atoms with E-state index in [1.807, 2.05) is 25.1 Å². The maximum Gasteiger partial charge on any atom is 0.344 e. The number of rotatable bonds is 10. The topological polar surface area (TPSA) is 74.3 Å². The summed E-state index contributed by atoms with van der Waals surface area (Å²) in [6.45, 7) is 2.12. The summed E-state index contributed by atoms with van der Waals surface area (Å²) < 4.78 is 20.8. The molecule has 7 nitrogen and oxygen atoms in total. The average molecular weight is 387 g/mol. The number of para-hydroxylation sites is 1. The highest BCUT2D eigenvalue weighted by molar-refractivity contribution is 5.81. The summed E-state index contributed by atoms with van der Waals surface area (Å²) in [5, 5.41) is 0. The highest BCUT2D eigenvalue weighted by Crippen LogP contribution is 2.28. The molecule has 150 valence electrons. The molecule has 0 aliphatic heterocycles. The molecular weight excluding hydrogens is 362 g/mol. The van der Waals surface area contributed by atoms with Gasteiger partial charge in [-0.3, -0.25) is 4.79 Å². The Balaban J connectivity index is 1.84. The smallest absolute Gasteiger partial charge is 0.344 e. The second-order valence-electron chi connectivity index (χ2n) is 5.86. The molecular formula is C21H25NO6. The normalized spacial score (nSPS) is 10.1. The van der Waals surface area contributed by atoms with Crippen LogP contribution >= 0.6 is 0 Å². The van der Waals surface area contributed by atoms with Crippen LogP contribution < -0.4 is 14.2 Å². The molecule has 0 aliphatic carbocycles. The Bertz CT molecular complexity index is 778. The predicted molar refractivity (Wildman–Crippen MR) is 104 cm³/mol. The minimum Gasteiger partial charge on any atom is -0.493 e. The van der Waals surface area contributed by atoms with Crippen molar-refractivity contribution < 1.29 is 28.5 Å². The van der Waals surface area contributed by atoms with Gasteiger partial charge in [0.05, 0.1) is 14.2 Å². The van der Waals surface area contributed by atoms with Crippen molar-refractivity contribution in [2.75, 3.05) is 34.0 Å². The number of carbonyl (C=O) groups is 2. The average Bonchev–Trinajstić information content (AvgIpc) is 2.74. The second-order valence-corrected chi connectivity index (χ2v) is 5.86. The molecule has 0 saturated carbocycles. The SMILES string of the molecule is CCN(Cc1ccc(OC)c(OC)c1)C(=O)COC(=O)COc1ccccc1. The van der Waals surface area contributed by atoms with Crippen LogP contribution in [0.5, 0.6) is 17.2 Å². The Hall–Kier alpha value is -3.22. The van der Waals surface area contributed by atoms with Crippen molar-refractivity contribution in [3.8, 4) is 17.2 Å². The molecule has 0 radical (unpaired) electrons. The number of carbonyl (C=O) groups excluding carboxylic acids is 2. The zero-order chi connectivity index (χ0) is 20.4. The van der Waals surface area contributed by atoms with Crippen molar-refractivity contribution in [2.45, 2.75) is 13.5 Å². The van der Waals surface area contributed by atoms with Crippen LogP contribution in [0.3, 0.4) is 0 Å². The Labute approximate surface area is 164 Å². The van der Waals surface area contributed by atoms with E-state index < -0.39 is 5.97 Å². The van der Waals surface area contributed by atoms with Crippen LogP contribution in [-0.4, -0.2) is 50.8 Å². The fourth-order valence-corrected chi connectivity index (χ4v) is 2.51. The lowest BCUT2D eigenvalue weighted by molar-refractivity contribution is -0.153. The Morgan fingerprint density at radius 2 is 1.64 bits per heavy atom. The van der Waals surface area contributed by atoms with Crippen LogP contribution in [0, 0.1) is 0 Å². The molecule has 2 aromatic rings. The van der Waals surface area contributed by atoms with E-state index in [1.54, 1.807) is 49.5 Å². The number of ether oxygens (including phenoxy) is 4. The largest absolute Gasteiger partial charge is 0.493 e. The van der Waals surface area contributed by atoms with E-state index in [-0.39, 0.29) is 19.1 Å². The van der Waals surface area contributed by atoms with Gasteiger partial charge in [-0.2, -0.15) is 0 Å². The van der Waals surface area contributed by atoms with E-state index in [4.69, 9.17) is 18.9 Å². The van der Waals surface area contributed by atoms with Gasteiger partial charge in [-0.25, -0.2) is 4.79 Å². The summed E-state index contributed by atoms with van der Waals surface area (Å²) in [4.78, 5) is 25.8. The van der Waals surface area contributed by atoms with Gasteiger partial charge >= 0.3 is 5.97 Å². The summed E-state index contributed by atoms with van der Waals surface area (Å²) in [7, 11) is 3.12. The minimum atomic E-state index is -0.598. The maximum absolute atomic E-state index is 12.4. The van der Waals surface area contributed by atoms with Crippen molar-refractivity contribution in [3.63, 3.8) is 0 Å². The Kier molecular flexibility index (Phi) is 8.14. The third kappa shape index (κ3) is 6.19. The van der Waals surface area contributed by atoms with Crippen LogP contribution in [0.15, 0.2) is 48.5 Å². The number of nitrogens with zero attached hydrogens (tertiary/aromatic N) is 1. The number of esters is 1. The maximum atomic E-state index is 12.4. The lowest BCUT2D eigenvalue weighted by atomic mass is 10.2. The van der Waals surface area contributed by atoms with Crippen molar-refractivity contribution in [1.29, 1.82) is 0 Å². The van der Waals surface area contributed by atoms with E-state index in [0.29, 0.717) is 30.3 Å². The molecule has 2 rings (SSSR count). The minimum absolute atomic E-state index is 0.251. The predicted octanol–water partition coefficient (Wildman–Crippen LogP) is 2.67. The fourth-order valence-electron chi connectivity index (χ4n) is 2.51. The first kappa shape index (κ1) is 21.1. The molecule has 0 fully saturated rings. The number of benzene rings is 2. The first-order valence-electron chi connectivity index (χ1n) is 8.89. The van der Waals surface area contributed by atoms with E-state index in [0.717, 1.165) is 5.56 Å². The van der Waals surface area contributed by atoms with Crippen LogP contribution in [0.4, 0.5) is 0 Å². The van der Waals surface area contributed by atoms with Gasteiger partial charge in [0, 0.05) is 13.1 Å². The van der Waals surface area contributed by atoms with E-state index in [2.05, 4.69) is 0 Å². The molecule has 0 spiro atoms. The Morgan fingerprint density at radius 3 is 2.29 bits per heavy atom. The van der Waals surface area contributed by atoms with Gasteiger partial charge in [0.2, 0.25) is 0 Å². The standard InChI is InChI=1S/C21H25NO6/c1-4-22(13-16-10-11-18(25-2)19(12-16)26-3)20(23)14-28-21(24)15-27-17-8-6-5-7-9-17/h5-12H,4,13-15H2,1-3H3. The molecule has 0 unspecified atom stereocenters.